The molecular formula is C24H37N5O3. The Kier molecular flexibility index (Phi) is 8.78. The normalized spacial score (nSPS) is 21.7. The largest absolute Gasteiger partial charge is 0.394 e. The smallest absolute Gasteiger partial charge is 0.222 e. The summed E-state index contributed by atoms with van der Waals surface area (Å²) in [5.41, 5.74) is 3.30. The zero-order valence-electron chi connectivity index (χ0n) is 19.8. The van der Waals surface area contributed by atoms with Crippen LogP contribution in [-0.2, 0) is 29.2 Å². The highest BCUT2D eigenvalue weighted by atomic mass is 16.5. The van der Waals surface area contributed by atoms with E-state index in [2.05, 4.69) is 60.4 Å². The lowest BCUT2D eigenvalue weighted by molar-refractivity contribution is -0.136. The summed E-state index contributed by atoms with van der Waals surface area (Å²) in [5, 5.41) is 18.1. The number of likely N-dealkylation sites (N-methyl/N-ethyl adjacent to an activating group) is 1. The van der Waals surface area contributed by atoms with Crippen molar-refractivity contribution in [3.63, 3.8) is 0 Å². The van der Waals surface area contributed by atoms with Crippen LogP contribution in [0.25, 0.3) is 0 Å². The van der Waals surface area contributed by atoms with Gasteiger partial charge in [-0.1, -0.05) is 42.0 Å². The third-order valence-electron chi connectivity index (χ3n) is 6.11. The SMILES string of the molecule is Cc1ccc(CN(C)C[C@@H]2OCc3cn(nn3)CCCC(=O)N([C@@H](C)CO)C[C@H]2C)cc1. The van der Waals surface area contributed by atoms with E-state index in [1.165, 1.54) is 11.1 Å². The van der Waals surface area contributed by atoms with Crippen LogP contribution in [0.5, 0.6) is 0 Å². The van der Waals surface area contributed by atoms with E-state index in [9.17, 15) is 9.90 Å². The Labute approximate surface area is 191 Å². The maximum Gasteiger partial charge on any atom is 0.222 e. The Morgan fingerprint density at radius 3 is 2.78 bits per heavy atom. The number of benzene rings is 1. The van der Waals surface area contributed by atoms with Gasteiger partial charge in [-0.15, -0.1) is 5.10 Å². The molecule has 0 spiro atoms. The molecule has 2 bridgehead atoms. The van der Waals surface area contributed by atoms with E-state index >= 15 is 0 Å². The van der Waals surface area contributed by atoms with Crippen LogP contribution < -0.4 is 0 Å². The van der Waals surface area contributed by atoms with Gasteiger partial charge in [0.2, 0.25) is 5.91 Å². The Morgan fingerprint density at radius 2 is 2.06 bits per heavy atom. The minimum atomic E-state index is -0.224. The van der Waals surface area contributed by atoms with Gasteiger partial charge in [0.25, 0.3) is 0 Å². The second-order valence-corrected chi connectivity index (χ2v) is 9.16. The first-order valence-corrected chi connectivity index (χ1v) is 11.5. The first-order chi connectivity index (χ1) is 15.4. The van der Waals surface area contributed by atoms with Crippen LogP contribution in [0.4, 0.5) is 0 Å². The van der Waals surface area contributed by atoms with E-state index in [1.807, 2.05) is 18.0 Å². The molecule has 176 valence electrons. The Balaban J connectivity index is 1.75. The summed E-state index contributed by atoms with van der Waals surface area (Å²) in [6.45, 7) is 9.16. The molecule has 1 aromatic carbocycles. The molecular weight excluding hydrogens is 406 g/mol. The lowest BCUT2D eigenvalue weighted by Gasteiger charge is -2.35. The van der Waals surface area contributed by atoms with Crippen molar-refractivity contribution in [2.75, 3.05) is 26.7 Å². The Hall–Kier alpha value is -2.29. The molecule has 0 fully saturated rings. The molecule has 1 aromatic heterocycles. The highest BCUT2D eigenvalue weighted by molar-refractivity contribution is 5.76. The van der Waals surface area contributed by atoms with Crippen molar-refractivity contribution in [3.05, 3.63) is 47.3 Å². The number of aromatic nitrogens is 3. The predicted molar refractivity (Wildman–Crippen MR) is 123 cm³/mol. The van der Waals surface area contributed by atoms with Gasteiger partial charge in [-0.3, -0.25) is 14.4 Å². The van der Waals surface area contributed by atoms with Crippen LogP contribution in [0.2, 0.25) is 0 Å². The number of aliphatic hydroxyl groups is 1. The van der Waals surface area contributed by atoms with Crippen molar-refractivity contribution in [2.45, 2.75) is 65.5 Å². The number of ether oxygens (including phenoxy) is 1. The second kappa shape index (κ2) is 11.5. The molecule has 2 heterocycles. The lowest BCUT2D eigenvalue weighted by Crippen LogP contribution is -2.47. The molecule has 0 saturated heterocycles. The second-order valence-electron chi connectivity index (χ2n) is 9.16. The quantitative estimate of drug-likeness (QED) is 0.737. The van der Waals surface area contributed by atoms with Crippen molar-refractivity contribution in [1.29, 1.82) is 0 Å². The molecule has 0 saturated carbocycles. The van der Waals surface area contributed by atoms with Crippen LogP contribution in [0.1, 0.15) is 43.5 Å². The summed E-state index contributed by atoms with van der Waals surface area (Å²) in [6, 6.07) is 8.34. The number of aliphatic hydroxyl groups excluding tert-OH is 1. The number of carbonyl (C=O) groups is 1. The molecule has 0 radical (unpaired) electrons. The number of aryl methyl sites for hydroxylation is 2. The minimum Gasteiger partial charge on any atom is -0.394 e. The van der Waals surface area contributed by atoms with Gasteiger partial charge in [0, 0.05) is 38.5 Å². The van der Waals surface area contributed by atoms with Gasteiger partial charge in [-0.05, 0) is 32.9 Å². The van der Waals surface area contributed by atoms with E-state index in [1.54, 1.807) is 4.68 Å². The molecule has 3 rings (SSSR count). The number of fused-ring (bicyclic) bond motifs is 2. The van der Waals surface area contributed by atoms with Crippen molar-refractivity contribution in [1.82, 2.24) is 24.8 Å². The Morgan fingerprint density at radius 1 is 1.31 bits per heavy atom. The van der Waals surface area contributed by atoms with Gasteiger partial charge in [-0.25, -0.2) is 0 Å². The van der Waals surface area contributed by atoms with Gasteiger partial charge in [0.15, 0.2) is 0 Å². The summed E-state index contributed by atoms with van der Waals surface area (Å²) >= 11 is 0. The van der Waals surface area contributed by atoms with Gasteiger partial charge in [0.1, 0.15) is 5.69 Å². The van der Waals surface area contributed by atoms with Crippen LogP contribution in [0, 0.1) is 12.8 Å². The van der Waals surface area contributed by atoms with Crippen LogP contribution in [0.15, 0.2) is 30.5 Å². The molecule has 1 N–H and O–H groups in total. The first-order valence-electron chi connectivity index (χ1n) is 11.5. The number of amides is 1. The van der Waals surface area contributed by atoms with Gasteiger partial charge in [0.05, 0.1) is 31.6 Å². The fourth-order valence-corrected chi connectivity index (χ4v) is 4.07. The van der Waals surface area contributed by atoms with Crippen LogP contribution in [0.3, 0.4) is 0 Å². The molecule has 1 amide bonds. The first kappa shape index (κ1) is 24.4. The fourth-order valence-electron chi connectivity index (χ4n) is 4.07. The molecule has 1 aliphatic rings. The molecule has 1 aliphatic heterocycles. The number of nitrogens with zero attached hydrogens (tertiary/aromatic N) is 5. The maximum absolute atomic E-state index is 12.9. The molecule has 8 heteroatoms. The van der Waals surface area contributed by atoms with Crippen molar-refractivity contribution < 1.29 is 14.6 Å². The van der Waals surface area contributed by atoms with E-state index < -0.39 is 0 Å². The molecule has 0 unspecified atom stereocenters. The summed E-state index contributed by atoms with van der Waals surface area (Å²) in [5.74, 6) is 0.147. The molecule has 8 nitrogen and oxygen atoms in total. The summed E-state index contributed by atoms with van der Waals surface area (Å²) < 4.78 is 8.10. The zero-order valence-corrected chi connectivity index (χ0v) is 19.8. The summed E-state index contributed by atoms with van der Waals surface area (Å²) in [7, 11) is 2.09. The number of rotatable bonds is 6. The van der Waals surface area contributed by atoms with E-state index in [0.717, 1.165) is 18.8 Å². The van der Waals surface area contributed by atoms with Crippen molar-refractivity contribution >= 4 is 5.91 Å². The average molecular weight is 444 g/mol. The Bertz CT molecular complexity index is 854. The average Bonchev–Trinajstić information content (AvgIpc) is 3.23. The van der Waals surface area contributed by atoms with E-state index in [4.69, 9.17) is 4.74 Å². The highest BCUT2D eigenvalue weighted by Crippen LogP contribution is 2.18. The molecule has 2 aromatic rings. The standard InChI is InChI=1S/C24H37N5O3/c1-18-7-9-21(10-8-18)13-27(4)15-23-19(2)12-29(20(3)16-30)24(31)6-5-11-28-14-22(17-32-23)25-26-28/h7-10,14,19-20,23,30H,5-6,11-13,15-17H2,1-4H3/t19-,20+,23+/m1/s1. The molecule has 0 aliphatic carbocycles. The predicted octanol–water partition coefficient (Wildman–Crippen LogP) is 2.24. The van der Waals surface area contributed by atoms with Gasteiger partial charge in [-0.2, -0.15) is 0 Å². The number of carbonyl (C=O) groups excluding carboxylic acids is 1. The third kappa shape index (κ3) is 6.85. The molecule has 3 atom stereocenters. The van der Waals surface area contributed by atoms with Crippen molar-refractivity contribution in [2.24, 2.45) is 5.92 Å². The van der Waals surface area contributed by atoms with Crippen LogP contribution in [-0.4, -0.2) is 74.7 Å². The summed E-state index contributed by atoms with van der Waals surface area (Å²) in [4.78, 5) is 17.0. The fraction of sp³-hybridized carbons (Fsp3) is 0.625. The van der Waals surface area contributed by atoms with Gasteiger partial charge < -0.3 is 14.7 Å². The van der Waals surface area contributed by atoms with E-state index in [0.29, 0.717) is 32.5 Å². The summed E-state index contributed by atoms with van der Waals surface area (Å²) in [6.07, 6.45) is 2.91. The topological polar surface area (TPSA) is 83.7 Å². The van der Waals surface area contributed by atoms with Crippen molar-refractivity contribution in [3.8, 4) is 0 Å². The van der Waals surface area contributed by atoms with E-state index in [-0.39, 0.29) is 30.6 Å². The maximum atomic E-state index is 12.9. The minimum absolute atomic E-state index is 0.0522. The highest BCUT2D eigenvalue weighted by Gasteiger charge is 2.28. The number of hydrogen-bond acceptors (Lipinski definition) is 6. The number of hydrogen-bond donors (Lipinski definition) is 1. The van der Waals surface area contributed by atoms with Crippen LogP contribution >= 0.6 is 0 Å². The lowest BCUT2D eigenvalue weighted by atomic mass is 10.0. The zero-order chi connectivity index (χ0) is 23.1. The van der Waals surface area contributed by atoms with Gasteiger partial charge >= 0.3 is 0 Å². The molecule has 32 heavy (non-hydrogen) atoms. The monoisotopic (exact) mass is 443 g/mol. The third-order valence-corrected chi connectivity index (χ3v) is 6.11.